The average Bonchev–Trinajstić information content (AvgIpc) is 2.84. The van der Waals surface area contributed by atoms with Crippen LogP contribution in [-0.4, -0.2) is 23.5 Å². The highest BCUT2D eigenvalue weighted by Gasteiger charge is 2.70. The molecule has 0 aromatic carbocycles. The molecule has 0 unspecified atom stereocenters. The molecular weight excluding hydrogens is 304 g/mol. The Morgan fingerprint density at radius 1 is 1.17 bits per heavy atom. The molecule has 0 aromatic heterocycles. The van der Waals surface area contributed by atoms with Gasteiger partial charge in [-0.05, 0) is 38.0 Å². The standard InChI is InChI=1S/C20H26O4/c1-13-12-20-17-16(18(22)24-20)15(21)11-14(23-17)9-7-5-3-4-6-8-10-19(13,20)2/h8,10,13-14H,3-7,9,11-12H2,1-2H3/b10-8+/t13-,14+,19+,20-/m1/s1. The lowest BCUT2D eigenvalue weighted by atomic mass is 9.50. The van der Waals surface area contributed by atoms with Crippen molar-refractivity contribution < 1.29 is 19.1 Å². The first-order valence-corrected chi connectivity index (χ1v) is 9.33. The van der Waals surface area contributed by atoms with Crippen molar-refractivity contribution in [2.75, 3.05) is 0 Å². The van der Waals surface area contributed by atoms with Crippen LogP contribution in [0.5, 0.6) is 0 Å². The van der Waals surface area contributed by atoms with Gasteiger partial charge in [-0.3, -0.25) is 4.79 Å². The summed E-state index contributed by atoms with van der Waals surface area (Å²) in [6.45, 7) is 4.32. The number of allylic oxidation sites excluding steroid dienone is 1. The second-order valence-corrected chi connectivity index (χ2v) is 8.07. The van der Waals surface area contributed by atoms with Gasteiger partial charge in [-0.25, -0.2) is 4.79 Å². The van der Waals surface area contributed by atoms with E-state index in [9.17, 15) is 9.59 Å². The summed E-state index contributed by atoms with van der Waals surface area (Å²) in [5.74, 6) is 0.354. The molecule has 0 N–H and O–H groups in total. The minimum Gasteiger partial charge on any atom is -0.489 e. The lowest BCUT2D eigenvalue weighted by Gasteiger charge is -2.58. The van der Waals surface area contributed by atoms with Gasteiger partial charge in [0, 0.05) is 11.8 Å². The zero-order valence-corrected chi connectivity index (χ0v) is 14.6. The summed E-state index contributed by atoms with van der Waals surface area (Å²) in [6.07, 6.45) is 12.0. The van der Waals surface area contributed by atoms with Gasteiger partial charge in [0.25, 0.3) is 0 Å². The van der Waals surface area contributed by atoms with E-state index in [4.69, 9.17) is 9.47 Å². The maximum Gasteiger partial charge on any atom is 0.346 e. The van der Waals surface area contributed by atoms with Crippen LogP contribution in [-0.2, 0) is 19.1 Å². The van der Waals surface area contributed by atoms with Crippen LogP contribution in [0.3, 0.4) is 0 Å². The van der Waals surface area contributed by atoms with Crippen molar-refractivity contribution >= 4 is 11.8 Å². The first-order chi connectivity index (χ1) is 11.5. The number of ether oxygens (including phenoxy) is 2. The molecule has 4 nitrogen and oxygen atoms in total. The minimum absolute atomic E-state index is 0.0936. The van der Waals surface area contributed by atoms with Crippen LogP contribution in [0.1, 0.15) is 65.2 Å². The molecule has 0 amide bonds. The molecule has 0 saturated heterocycles. The zero-order chi connectivity index (χ0) is 16.9. The van der Waals surface area contributed by atoms with Gasteiger partial charge in [-0.1, -0.05) is 38.8 Å². The fraction of sp³-hybridized carbons (Fsp3) is 0.700. The van der Waals surface area contributed by atoms with E-state index in [-0.39, 0.29) is 22.9 Å². The summed E-state index contributed by atoms with van der Waals surface area (Å²) in [5.41, 5.74) is -0.874. The van der Waals surface area contributed by atoms with Crippen LogP contribution >= 0.6 is 0 Å². The Labute approximate surface area is 143 Å². The highest BCUT2D eigenvalue weighted by atomic mass is 16.6. The van der Waals surface area contributed by atoms with E-state index in [2.05, 4.69) is 26.0 Å². The topological polar surface area (TPSA) is 52.6 Å². The van der Waals surface area contributed by atoms with E-state index in [0.29, 0.717) is 18.1 Å². The first kappa shape index (κ1) is 15.9. The molecule has 1 aliphatic carbocycles. The predicted octanol–water partition coefficient (Wildman–Crippen LogP) is 3.85. The van der Waals surface area contributed by atoms with Crippen LogP contribution in [0, 0.1) is 11.3 Å². The fourth-order valence-corrected chi connectivity index (χ4v) is 4.86. The molecule has 4 rings (SSSR count). The van der Waals surface area contributed by atoms with Crippen LogP contribution in [0.4, 0.5) is 0 Å². The van der Waals surface area contributed by atoms with Crippen molar-refractivity contribution in [2.45, 2.75) is 76.9 Å². The van der Waals surface area contributed by atoms with Crippen LogP contribution in [0.2, 0.25) is 0 Å². The second kappa shape index (κ2) is 5.47. The van der Waals surface area contributed by atoms with Gasteiger partial charge in [-0.2, -0.15) is 0 Å². The number of fused-ring (bicyclic) bond motifs is 1. The highest BCUT2D eigenvalue weighted by Crippen LogP contribution is 2.64. The Kier molecular flexibility index (Phi) is 3.63. The van der Waals surface area contributed by atoms with Crippen molar-refractivity contribution in [3.63, 3.8) is 0 Å². The number of esters is 1. The Bertz CT molecular complexity index is 646. The second-order valence-electron chi connectivity index (χ2n) is 8.07. The van der Waals surface area contributed by atoms with E-state index < -0.39 is 11.6 Å². The number of hydrogen-bond donors (Lipinski definition) is 0. The Morgan fingerprint density at radius 2 is 1.96 bits per heavy atom. The zero-order valence-electron chi connectivity index (χ0n) is 14.6. The van der Waals surface area contributed by atoms with E-state index >= 15 is 0 Å². The molecule has 4 atom stereocenters. The van der Waals surface area contributed by atoms with E-state index in [0.717, 1.165) is 25.7 Å². The van der Waals surface area contributed by atoms with Gasteiger partial charge >= 0.3 is 5.97 Å². The Balaban J connectivity index is 1.78. The van der Waals surface area contributed by atoms with Gasteiger partial charge < -0.3 is 9.47 Å². The molecule has 2 bridgehead atoms. The lowest BCUT2D eigenvalue weighted by Crippen LogP contribution is -2.62. The summed E-state index contributed by atoms with van der Waals surface area (Å²) >= 11 is 0. The number of carbonyl (C=O) groups excluding carboxylic acids is 2. The molecule has 3 aliphatic heterocycles. The predicted molar refractivity (Wildman–Crippen MR) is 89.1 cm³/mol. The molecule has 130 valence electrons. The highest BCUT2D eigenvalue weighted by molar-refractivity contribution is 6.20. The van der Waals surface area contributed by atoms with Gasteiger partial charge in [0.1, 0.15) is 11.7 Å². The molecule has 0 radical (unpaired) electrons. The maximum atomic E-state index is 12.6. The molecule has 4 aliphatic rings. The van der Waals surface area contributed by atoms with Gasteiger partial charge in [0.05, 0.1) is 0 Å². The monoisotopic (exact) mass is 330 g/mol. The van der Waals surface area contributed by atoms with E-state index in [1.165, 1.54) is 19.3 Å². The van der Waals surface area contributed by atoms with Crippen molar-refractivity contribution in [1.29, 1.82) is 0 Å². The summed E-state index contributed by atoms with van der Waals surface area (Å²) in [6, 6.07) is 0. The molecule has 4 heteroatoms. The van der Waals surface area contributed by atoms with Crippen LogP contribution < -0.4 is 0 Å². The van der Waals surface area contributed by atoms with Crippen molar-refractivity contribution in [3.05, 3.63) is 23.5 Å². The van der Waals surface area contributed by atoms with Gasteiger partial charge in [0.15, 0.2) is 17.1 Å². The first-order valence-electron chi connectivity index (χ1n) is 9.33. The van der Waals surface area contributed by atoms with Crippen molar-refractivity contribution in [3.8, 4) is 0 Å². The van der Waals surface area contributed by atoms with Crippen molar-refractivity contribution in [1.82, 2.24) is 0 Å². The molecule has 1 fully saturated rings. The average molecular weight is 330 g/mol. The molecule has 24 heavy (non-hydrogen) atoms. The summed E-state index contributed by atoms with van der Waals surface area (Å²) in [7, 11) is 0. The summed E-state index contributed by atoms with van der Waals surface area (Å²) in [5, 5.41) is 0. The number of rotatable bonds is 0. The third-order valence-electron chi connectivity index (χ3n) is 6.64. The normalized spacial score (nSPS) is 43.4. The quantitative estimate of drug-likeness (QED) is 0.384. The lowest BCUT2D eigenvalue weighted by molar-refractivity contribution is -0.198. The molecule has 1 spiro atoms. The van der Waals surface area contributed by atoms with Gasteiger partial charge in [0.2, 0.25) is 0 Å². The molecular formula is C20H26O4. The SMILES string of the molecule is C[C@@H]1C[C@@]23OC(=O)C4=C2O[C@@H](CCCCCC/C=C/[C@@]13C)CC4=O. The van der Waals surface area contributed by atoms with Gasteiger partial charge in [-0.15, -0.1) is 0 Å². The molecule has 3 heterocycles. The largest absolute Gasteiger partial charge is 0.489 e. The molecule has 1 saturated carbocycles. The Morgan fingerprint density at radius 3 is 2.75 bits per heavy atom. The van der Waals surface area contributed by atoms with E-state index in [1.54, 1.807) is 0 Å². The van der Waals surface area contributed by atoms with Crippen LogP contribution in [0.15, 0.2) is 23.5 Å². The number of Topliss-reactive ketones (excluding diaryl/α,β-unsaturated/α-hetero) is 1. The minimum atomic E-state index is -0.766. The summed E-state index contributed by atoms with van der Waals surface area (Å²) in [4.78, 5) is 25.0. The fourth-order valence-electron chi connectivity index (χ4n) is 4.86. The third kappa shape index (κ3) is 2.04. The number of hydrogen-bond acceptors (Lipinski definition) is 4. The summed E-state index contributed by atoms with van der Waals surface area (Å²) < 4.78 is 12.1. The van der Waals surface area contributed by atoms with E-state index in [1.807, 2.05) is 0 Å². The number of carbonyl (C=O) groups is 2. The smallest absolute Gasteiger partial charge is 0.346 e. The molecule has 0 aromatic rings. The third-order valence-corrected chi connectivity index (χ3v) is 6.64. The Hall–Kier alpha value is -1.58. The number of ketones is 1. The van der Waals surface area contributed by atoms with Crippen LogP contribution in [0.25, 0.3) is 0 Å². The van der Waals surface area contributed by atoms with Crippen molar-refractivity contribution in [2.24, 2.45) is 11.3 Å². The maximum absolute atomic E-state index is 12.6.